The van der Waals surface area contributed by atoms with Gasteiger partial charge in [-0.15, -0.1) is 0 Å². The van der Waals surface area contributed by atoms with Crippen LogP contribution in [0.25, 0.3) is 11.0 Å². The first-order chi connectivity index (χ1) is 9.09. The molecule has 7 heteroatoms. The number of rotatable bonds is 4. The van der Waals surface area contributed by atoms with Crippen LogP contribution in [0, 0.1) is 6.92 Å². The molecule has 0 radical (unpaired) electrons. The second kappa shape index (κ2) is 4.75. The van der Waals surface area contributed by atoms with Gasteiger partial charge in [0.15, 0.2) is 0 Å². The Labute approximate surface area is 119 Å². The molecule has 1 aromatic carbocycles. The molecule has 110 valence electrons. The Morgan fingerprint density at radius 2 is 2.05 bits per heavy atom. The Kier molecular flexibility index (Phi) is 3.51. The summed E-state index contributed by atoms with van der Waals surface area (Å²) in [5, 5.41) is 0. The number of para-hydroxylation sites is 1. The average Bonchev–Trinajstić information content (AvgIpc) is 2.54. The van der Waals surface area contributed by atoms with Crippen LogP contribution in [0.4, 0.5) is 5.95 Å². The molecule has 0 unspecified atom stereocenters. The summed E-state index contributed by atoms with van der Waals surface area (Å²) >= 11 is 0. The van der Waals surface area contributed by atoms with Crippen molar-refractivity contribution in [1.29, 1.82) is 0 Å². The van der Waals surface area contributed by atoms with Crippen molar-refractivity contribution in [2.24, 2.45) is 0 Å². The third kappa shape index (κ3) is 3.10. The molecule has 0 amide bonds. The molecule has 0 spiro atoms. The maximum Gasteiger partial charge on any atom is 0.209 e. The molecule has 1 aromatic heterocycles. The molecule has 6 nitrogen and oxygen atoms in total. The van der Waals surface area contributed by atoms with Gasteiger partial charge in [0.1, 0.15) is 0 Å². The van der Waals surface area contributed by atoms with E-state index in [1.807, 2.05) is 43.5 Å². The van der Waals surface area contributed by atoms with Crippen LogP contribution in [0.3, 0.4) is 0 Å². The predicted molar refractivity (Wildman–Crippen MR) is 80.9 cm³/mol. The van der Waals surface area contributed by atoms with E-state index in [1.54, 1.807) is 0 Å². The Hall–Kier alpha value is -1.60. The van der Waals surface area contributed by atoms with Crippen molar-refractivity contribution in [1.82, 2.24) is 14.3 Å². The largest absolute Gasteiger partial charge is 0.369 e. The molecule has 0 aliphatic carbocycles. The first-order valence-electron chi connectivity index (χ1n) is 6.29. The highest BCUT2D eigenvalue weighted by molar-refractivity contribution is 7.88. The van der Waals surface area contributed by atoms with Crippen molar-refractivity contribution >= 4 is 27.0 Å². The third-order valence-electron chi connectivity index (χ3n) is 3.03. The fourth-order valence-electron chi connectivity index (χ4n) is 2.40. The smallest absolute Gasteiger partial charge is 0.209 e. The van der Waals surface area contributed by atoms with E-state index in [2.05, 4.69) is 9.71 Å². The summed E-state index contributed by atoms with van der Waals surface area (Å²) in [5.74, 6) is 0.387. The number of nitrogens with zero attached hydrogens (tertiary/aromatic N) is 2. The van der Waals surface area contributed by atoms with Crippen LogP contribution in [0.5, 0.6) is 0 Å². The van der Waals surface area contributed by atoms with Gasteiger partial charge in [-0.05, 0) is 32.4 Å². The molecule has 3 N–H and O–H groups in total. The van der Waals surface area contributed by atoms with E-state index >= 15 is 0 Å². The highest BCUT2D eigenvalue weighted by Gasteiger charge is 2.24. The Bertz CT molecular complexity index is 747. The molecule has 1 heterocycles. The number of anilines is 1. The molecule has 0 fully saturated rings. The SMILES string of the molecule is Cc1cccc2c1nc(N)n2CC(C)(C)NS(C)(=O)=O. The quantitative estimate of drug-likeness (QED) is 0.888. The molecular formula is C13H20N4O2S. The molecule has 0 atom stereocenters. The lowest BCUT2D eigenvalue weighted by molar-refractivity contribution is 0.398. The minimum Gasteiger partial charge on any atom is -0.369 e. The summed E-state index contributed by atoms with van der Waals surface area (Å²) in [7, 11) is -3.28. The number of fused-ring (bicyclic) bond motifs is 1. The van der Waals surface area contributed by atoms with E-state index in [1.165, 1.54) is 0 Å². The zero-order valence-corrected chi connectivity index (χ0v) is 13.0. The normalized spacial score (nSPS) is 13.0. The molecule has 0 aliphatic rings. The van der Waals surface area contributed by atoms with Crippen LogP contribution in [-0.2, 0) is 16.6 Å². The first kappa shape index (κ1) is 14.8. The van der Waals surface area contributed by atoms with E-state index in [9.17, 15) is 8.42 Å². The van der Waals surface area contributed by atoms with Gasteiger partial charge in [-0.3, -0.25) is 0 Å². The van der Waals surface area contributed by atoms with Crippen molar-refractivity contribution < 1.29 is 8.42 Å². The fraction of sp³-hybridized carbons (Fsp3) is 0.462. The van der Waals surface area contributed by atoms with Crippen molar-refractivity contribution in [3.8, 4) is 0 Å². The standard InChI is InChI=1S/C13H20N4O2S/c1-9-6-5-7-10-11(9)15-12(14)17(10)8-13(2,3)16-20(4,18)19/h5-7,16H,8H2,1-4H3,(H2,14,15). The Morgan fingerprint density at radius 1 is 1.40 bits per heavy atom. The topological polar surface area (TPSA) is 90.0 Å². The van der Waals surface area contributed by atoms with Crippen LogP contribution in [0.15, 0.2) is 18.2 Å². The number of hydrogen-bond donors (Lipinski definition) is 2. The number of nitrogens with one attached hydrogen (secondary N) is 1. The first-order valence-corrected chi connectivity index (χ1v) is 8.18. The zero-order valence-electron chi connectivity index (χ0n) is 12.1. The highest BCUT2D eigenvalue weighted by Crippen LogP contribution is 2.23. The maximum absolute atomic E-state index is 11.4. The second-order valence-corrected chi connectivity index (χ2v) is 7.51. The molecule has 2 aromatic rings. The van der Waals surface area contributed by atoms with Crippen molar-refractivity contribution in [3.63, 3.8) is 0 Å². The molecule has 0 saturated heterocycles. The van der Waals surface area contributed by atoms with Gasteiger partial charge in [0.25, 0.3) is 0 Å². The number of aryl methyl sites for hydroxylation is 1. The number of benzene rings is 1. The number of imidazole rings is 1. The van der Waals surface area contributed by atoms with Gasteiger partial charge in [-0.1, -0.05) is 12.1 Å². The summed E-state index contributed by atoms with van der Waals surface area (Å²) in [5.41, 5.74) is 8.11. The molecular weight excluding hydrogens is 276 g/mol. The van der Waals surface area contributed by atoms with Gasteiger partial charge in [-0.2, -0.15) is 0 Å². The zero-order chi connectivity index (χ0) is 15.1. The molecule has 0 aliphatic heterocycles. The van der Waals surface area contributed by atoms with E-state index in [-0.39, 0.29) is 0 Å². The second-order valence-electron chi connectivity index (χ2n) is 5.76. The predicted octanol–water partition coefficient (Wildman–Crippen LogP) is 1.25. The van der Waals surface area contributed by atoms with Gasteiger partial charge in [0.2, 0.25) is 16.0 Å². The molecule has 0 bridgehead atoms. The summed E-state index contributed by atoms with van der Waals surface area (Å²) in [6.07, 6.45) is 1.15. The summed E-state index contributed by atoms with van der Waals surface area (Å²) in [6.45, 7) is 6.01. The van der Waals surface area contributed by atoms with Crippen LogP contribution < -0.4 is 10.5 Å². The molecule has 2 rings (SSSR count). The van der Waals surface area contributed by atoms with Gasteiger partial charge < -0.3 is 10.3 Å². The number of nitrogen functional groups attached to an aromatic ring is 1. The lowest BCUT2D eigenvalue weighted by Gasteiger charge is -2.26. The minimum absolute atomic E-state index is 0.387. The number of aromatic nitrogens is 2. The average molecular weight is 296 g/mol. The lowest BCUT2D eigenvalue weighted by Crippen LogP contribution is -2.46. The maximum atomic E-state index is 11.4. The Morgan fingerprint density at radius 3 is 2.65 bits per heavy atom. The van der Waals surface area contributed by atoms with E-state index in [4.69, 9.17) is 5.73 Å². The van der Waals surface area contributed by atoms with E-state index < -0.39 is 15.6 Å². The van der Waals surface area contributed by atoms with Gasteiger partial charge >= 0.3 is 0 Å². The Balaban J connectivity index is 2.44. The van der Waals surface area contributed by atoms with E-state index in [0.29, 0.717) is 12.5 Å². The lowest BCUT2D eigenvalue weighted by atomic mass is 10.1. The number of hydrogen-bond acceptors (Lipinski definition) is 4. The summed E-state index contributed by atoms with van der Waals surface area (Å²) in [4.78, 5) is 4.36. The minimum atomic E-state index is -3.28. The number of nitrogens with two attached hydrogens (primary N) is 1. The van der Waals surface area contributed by atoms with Crippen LogP contribution >= 0.6 is 0 Å². The number of sulfonamides is 1. The fourth-order valence-corrected chi connectivity index (χ4v) is 3.47. The third-order valence-corrected chi connectivity index (χ3v) is 3.95. The van der Waals surface area contributed by atoms with Crippen LogP contribution in [0.1, 0.15) is 19.4 Å². The van der Waals surface area contributed by atoms with Gasteiger partial charge in [0.05, 0.1) is 17.3 Å². The van der Waals surface area contributed by atoms with Gasteiger partial charge in [0, 0.05) is 12.1 Å². The highest BCUT2D eigenvalue weighted by atomic mass is 32.2. The summed E-state index contributed by atoms with van der Waals surface area (Å²) < 4.78 is 27.3. The molecule has 20 heavy (non-hydrogen) atoms. The van der Waals surface area contributed by atoms with E-state index in [0.717, 1.165) is 22.9 Å². The van der Waals surface area contributed by atoms with Crippen LogP contribution in [-0.4, -0.2) is 29.8 Å². The van der Waals surface area contributed by atoms with Crippen molar-refractivity contribution in [3.05, 3.63) is 23.8 Å². The van der Waals surface area contributed by atoms with Crippen LogP contribution in [0.2, 0.25) is 0 Å². The molecule has 0 saturated carbocycles. The van der Waals surface area contributed by atoms with Crippen molar-refractivity contribution in [2.45, 2.75) is 32.9 Å². The van der Waals surface area contributed by atoms with Gasteiger partial charge in [-0.25, -0.2) is 18.1 Å². The summed E-state index contributed by atoms with van der Waals surface area (Å²) in [6, 6.07) is 5.84. The monoisotopic (exact) mass is 296 g/mol. The van der Waals surface area contributed by atoms with Crippen molar-refractivity contribution in [2.75, 3.05) is 12.0 Å².